The minimum absolute atomic E-state index is 0.924. The largest absolute Gasteiger partial charge is 0.369 e. The van der Waals surface area contributed by atoms with Crippen LogP contribution in [0.5, 0.6) is 0 Å². The van der Waals surface area contributed by atoms with Gasteiger partial charge in [0.15, 0.2) is 0 Å². The molecule has 0 aliphatic carbocycles. The topological polar surface area (TPSA) is 24.9 Å². The van der Waals surface area contributed by atoms with Gasteiger partial charge in [0, 0.05) is 28.7 Å². The average Bonchev–Trinajstić information content (AvgIpc) is 2.21. The molecule has 0 atom stereocenters. The van der Waals surface area contributed by atoms with Crippen molar-refractivity contribution in [1.82, 2.24) is 4.98 Å². The maximum absolute atomic E-state index is 4.21. The van der Waals surface area contributed by atoms with Gasteiger partial charge in [-0.3, -0.25) is 0 Å². The molecule has 0 spiro atoms. The molecule has 0 aromatic carbocycles. The molecular formula is C10H13BrN2S. The van der Waals surface area contributed by atoms with Gasteiger partial charge in [-0.2, -0.15) is 11.8 Å². The minimum atomic E-state index is 0.924. The molecule has 76 valence electrons. The van der Waals surface area contributed by atoms with E-state index in [9.17, 15) is 0 Å². The molecule has 1 N–H and O–H groups in total. The highest BCUT2D eigenvalue weighted by Gasteiger charge is 1.92. The molecule has 0 saturated heterocycles. The molecule has 1 aromatic rings. The van der Waals surface area contributed by atoms with Crippen molar-refractivity contribution in [2.24, 2.45) is 0 Å². The minimum Gasteiger partial charge on any atom is -0.369 e. The summed E-state index contributed by atoms with van der Waals surface area (Å²) in [6.07, 6.45) is 3.71. The summed E-state index contributed by atoms with van der Waals surface area (Å²) >= 11 is 5.20. The third kappa shape index (κ3) is 4.67. The van der Waals surface area contributed by atoms with Crippen molar-refractivity contribution in [2.45, 2.75) is 0 Å². The summed E-state index contributed by atoms with van der Waals surface area (Å²) < 4.78 is 1.00. The lowest BCUT2D eigenvalue weighted by atomic mass is 10.4. The first-order chi connectivity index (χ1) is 6.83. The molecule has 0 fully saturated rings. The molecule has 4 heteroatoms. The summed E-state index contributed by atoms with van der Waals surface area (Å²) in [6.45, 7) is 4.61. The Labute approximate surface area is 97.3 Å². The van der Waals surface area contributed by atoms with Crippen molar-refractivity contribution in [3.8, 4) is 0 Å². The fourth-order valence-corrected chi connectivity index (χ4v) is 1.71. The van der Waals surface area contributed by atoms with Crippen molar-refractivity contribution in [3.63, 3.8) is 0 Å². The highest BCUT2D eigenvalue weighted by atomic mass is 79.9. The maximum atomic E-state index is 4.21. The molecule has 1 rings (SSSR count). The Morgan fingerprint density at radius 1 is 1.57 bits per heavy atom. The molecule has 2 nitrogen and oxygen atoms in total. The zero-order valence-electron chi connectivity index (χ0n) is 7.87. The van der Waals surface area contributed by atoms with Gasteiger partial charge in [-0.25, -0.2) is 4.98 Å². The van der Waals surface area contributed by atoms with Gasteiger partial charge in [-0.15, -0.1) is 6.58 Å². The number of aromatic nitrogens is 1. The molecule has 14 heavy (non-hydrogen) atoms. The second-order valence-electron chi connectivity index (χ2n) is 2.65. The Morgan fingerprint density at radius 2 is 2.43 bits per heavy atom. The highest BCUT2D eigenvalue weighted by molar-refractivity contribution is 9.10. The van der Waals surface area contributed by atoms with Crippen LogP contribution in [0.1, 0.15) is 0 Å². The van der Waals surface area contributed by atoms with Crippen molar-refractivity contribution in [3.05, 3.63) is 35.5 Å². The zero-order valence-corrected chi connectivity index (χ0v) is 10.3. The maximum Gasteiger partial charge on any atom is 0.125 e. The monoisotopic (exact) mass is 272 g/mol. The normalized spacial score (nSPS) is 9.79. The molecule has 0 radical (unpaired) electrons. The molecule has 0 amide bonds. The van der Waals surface area contributed by atoms with Crippen LogP contribution in [0.15, 0.2) is 35.5 Å². The smallest absolute Gasteiger partial charge is 0.125 e. The fraction of sp³-hybridized carbons (Fsp3) is 0.300. The first-order valence-corrected chi connectivity index (χ1v) is 6.32. The highest BCUT2D eigenvalue weighted by Crippen LogP contribution is 2.10. The number of nitrogens with zero attached hydrogens (tertiary/aromatic N) is 1. The number of halogens is 1. The van der Waals surface area contributed by atoms with Crippen LogP contribution < -0.4 is 5.32 Å². The molecule has 0 saturated carbocycles. The number of hydrogen-bond acceptors (Lipinski definition) is 3. The van der Waals surface area contributed by atoms with E-state index in [0.717, 1.165) is 28.3 Å². The van der Waals surface area contributed by atoms with Gasteiger partial charge < -0.3 is 5.32 Å². The van der Waals surface area contributed by atoms with E-state index in [1.54, 1.807) is 6.20 Å². The summed E-state index contributed by atoms with van der Waals surface area (Å²) in [6, 6.07) is 3.94. The molecular weight excluding hydrogens is 260 g/mol. The molecule has 0 unspecified atom stereocenters. The lowest BCUT2D eigenvalue weighted by molar-refractivity contribution is 1.17. The van der Waals surface area contributed by atoms with E-state index in [1.807, 2.05) is 30.0 Å². The Morgan fingerprint density at radius 3 is 3.07 bits per heavy atom. The van der Waals surface area contributed by atoms with Crippen LogP contribution in [0, 0.1) is 0 Å². The van der Waals surface area contributed by atoms with Crippen molar-refractivity contribution in [2.75, 3.05) is 23.4 Å². The van der Waals surface area contributed by atoms with Gasteiger partial charge in [0.25, 0.3) is 0 Å². The van der Waals surface area contributed by atoms with E-state index in [4.69, 9.17) is 0 Å². The number of nitrogens with one attached hydrogen (secondary N) is 1. The van der Waals surface area contributed by atoms with Gasteiger partial charge in [0.05, 0.1) is 0 Å². The first kappa shape index (κ1) is 11.6. The summed E-state index contributed by atoms with van der Waals surface area (Å²) in [5.41, 5.74) is 0. The molecule has 0 aliphatic rings. The van der Waals surface area contributed by atoms with E-state index in [0.29, 0.717) is 0 Å². The summed E-state index contributed by atoms with van der Waals surface area (Å²) in [7, 11) is 0. The predicted molar refractivity (Wildman–Crippen MR) is 67.9 cm³/mol. The third-order valence-electron chi connectivity index (χ3n) is 1.52. The second kappa shape index (κ2) is 6.90. The Bertz CT molecular complexity index is 274. The number of hydrogen-bond donors (Lipinski definition) is 1. The van der Waals surface area contributed by atoms with Crippen LogP contribution in [0.25, 0.3) is 0 Å². The first-order valence-electron chi connectivity index (χ1n) is 4.37. The van der Waals surface area contributed by atoms with Gasteiger partial charge in [-0.05, 0) is 28.1 Å². The Kier molecular flexibility index (Phi) is 5.71. The second-order valence-corrected chi connectivity index (χ2v) is 4.72. The van der Waals surface area contributed by atoms with E-state index in [2.05, 4.69) is 32.8 Å². The zero-order chi connectivity index (χ0) is 10.2. The van der Waals surface area contributed by atoms with E-state index < -0.39 is 0 Å². The molecule has 0 bridgehead atoms. The standard InChI is InChI=1S/C10H13BrN2S/c1-2-6-14-7-5-12-10-4-3-9(11)8-13-10/h2-4,8H,1,5-7H2,(H,12,13). The predicted octanol–water partition coefficient (Wildman–Crippen LogP) is 3.18. The van der Waals surface area contributed by atoms with Gasteiger partial charge in [-0.1, -0.05) is 6.08 Å². The quantitative estimate of drug-likeness (QED) is 0.636. The number of rotatable bonds is 6. The van der Waals surface area contributed by atoms with Crippen LogP contribution in [-0.4, -0.2) is 23.0 Å². The lowest BCUT2D eigenvalue weighted by Gasteiger charge is -2.04. The van der Waals surface area contributed by atoms with Crippen molar-refractivity contribution >= 4 is 33.5 Å². The SMILES string of the molecule is C=CCSCCNc1ccc(Br)cn1. The number of thioether (sulfide) groups is 1. The van der Waals surface area contributed by atoms with Crippen LogP contribution in [0.3, 0.4) is 0 Å². The third-order valence-corrected chi connectivity index (χ3v) is 2.95. The molecule has 0 aliphatic heterocycles. The molecule has 1 heterocycles. The average molecular weight is 273 g/mol. The van der Waals surface area contributed by atoms with Gasteiger partial charge in [0.1, 0.15) is 5.82 Å². The van der Waals surface area contributed by atoms with Gasteiger partial charge in [0.2, 0.25) is 0 Å². The fourth-order valence-electron chi connectivity index (χ4n) is 0.898. The van der Waals surface area contributed by atoms with E-state index in [-0.39, 0.29) is 0 Å². The lowest BCUT2D eigenvalue weighted by Crippen LogP contribution is -2.05. The Balaban J connectivity index is 2.18. The summed E-state index contributed by atoms with van der Waals surface area (Å²) in [4.78, 5) is 4.21. The van der Waals surface area contributed by atoms with E-state index in [1.165, 1.54) is 0 Å². The summed E-state index contributed by atoms with van der Waals surface area (Å²) in [5.74, 6) is 3.01. The van der Waals surface area contributed by atoms with Crippen LogP contribution in [0.4, 0.5) is 5.82 Å². The Hall–Kier alpha value is -0.480. The number of anilines is 1. The van der Waals surface area contributed by atoms with Crippen molar-refractivity contribution < 1.29 is 0 Å². The van der Waals surface area contributed by atoms with Crippen molar-refractivity contribution in [1.29, 1.82) is 0 Å². The summed E-state index contributed by atoms with van der Waals surface area (Å²) in [5, 5.41) is 3.24. The van der Waals surface area contributed by atoms with Crippen LogP contribution in [-0.2, 0) is 0 Å². The molecule has 1 aromatic heterocycles. The van der Waals surface area contributed by atoms with Crippen LogP contribution in [0.2, 0.25) is 0 Å². The van der Waals surface area contributed by atoms with Crippen LogP contribution >= 0.6 is 27.7 Å². The van der Waals surface area contributed by atoms with Gasteiger partial charge >= 0.3 is 0 Å². The van der Waals surface area contributed by atoms with E-state index >= 15 is 0 Å². The number of pyridine rings is 1.